The molecule has 3 amide bonds. The zero-order chi connectivity index (χ0) is 22.1. The summed E-state index contributed by atoms with van der Waals surface area (Å²) in [5.74, 6) is -1.10. The Morgan fingerprint density at radius 3 is 2.37 bits per heavy atom. The molecule has 0 fully saturated rings. The maximum absolute atomic E-state index is 11.9. The van der Waals surface area contributed by atoms with E-state index in [1.165, 1.54) is 24.3 Å². The van der Waals surface area contributed by atoms with E-state index in [0.717, 1.165) is 5.56 Å². The molecular weight excluding hydrogens is 416 g/mol. The molecule has 10 nitrogen and oxygen atoms in total. The van der Waals surface area contributed by atoms with E-state index < -0.39 is 22.6 Å². The van der Waals surface area contributed by atoms with Crippen LogP contribution in [0.25, 0.3) is 0 Å². The predicted octanol–water partition coefficient (Wildman–Crippen LogP) is 1.90. The summed E-state index contributed by atoms with van der Waals surface area (Å²) in [5, 5.41) is 13.7. The Bertz CT molecular complexity index is 949. The third-order valence-corrected chi connectivity index (χ3v) is 4.24. The molecule has 0 bridgehead atoms. The SMILES string of the molecule is Cc1cc(OCC(=O)NNC(=O)CCNC(=O)c2ccc([N+](=O)[O-])cc2)ccc1Cl. The molecule has 0 heterocycles. The van der Waals surface area contributed by atoms with Crippen LogP contribution in [-0.4, -0.2) is 35.8 Å². The van der Waals surface area contributed by atoms with E-state index in [9.17, 15) is 24.5 Å². The van der Waals surface area contributed by atoms with Gasteiger partial charge in [0.05, 0.1) is 4.92 Å². The van der Waals surface area contributed by atoms with Crippen LogP contribution >= 0.6 is 11.6 Å². The Morgan fingerprint density at radius 2 is 1.73 bits per heavy atom. The number of hydrogen-bond donors (Lipinski definition) is 3. The Labute approximate surface area is 176 Å². The van der Waals surface area contributed by atoms with Gasteiger partial charge >= 0.3 is 0 Å². The summed E-state index contributed by atoms with van der Waals surface area (Å²) in [6.07, 6.45) is -0.0871. The van der Waals surface area contributed by atoms with Crippen molar-refractivity contribution in [1.82, 2.24) is 16.2 Å². The van der Waals surface area contributed by atoms with Gasteiger partial charge in [-0.05, 0) is 42.8 Å². The van der Waals surface area contributed by atoms with E-state index >= 15 is 0 Å². The van der Waals surface area contributed by atoms with E-state index in [4.69, 9.17) is 16.3 Å². The van der Waals surface area contributed by atoms with Crippen molar-refractivity contribution >= 4 is 35.0 Å². The number of halogens is 1. The molecule has 2 aromatic rings. The molecule has 158 valence electrons. The highest BCUT2D eigenvalue weighted by Crippen LogP contribution is 2.20. The summed E-state index contributed by atoms with van der Waals surface area (Å²) >= 11 is 5.91. The second-order valence-electron chi connectivity index (χ2n) is 6.11. The van der Waals surface area contributed by atoms with Crippen LogP contribution in [0.5, 0.6) is 5.75 Å². The number of ether oxygens (including phenoxy) is 1. The number of nitro groups is 1. The maximum Gasteiger partial charge on any atom is 0.276 e. The number of aryl methyl sites for hydroxylation is 1. The van der Waals surface area contributed by atoms with Gasteiger partial charge in [-0.1, -0.05) is 11.6 Å². The van der Waals surface area contributed by atoms with Crippen molar-refractivity contribution in [2.75, 3.05) is 13.2 Å². The molecule has 2 rings (SSSR count). The van der Waals surface area contributed by atoms with Crippen LogP contribution < -0.4 is 20.9 Å². The van der Waals surface area contributed by atoms with E-state index in [2.05, 4.69) is 16.2 Å². The molecule has 0 saturated heterocycles. The number of benzene rings is 2. The van der Waals surface area contributed by atoms with Crippen LogP contribution in [-0.2, 0) is 9.59 Å². The third-order valence-electron chi connectivity index (χ3n) is 3.82. The number of carbonyl (C=O) groups excluding carboxylic acids is 3. The van der Waals surface area contributed by atoms with E-state index in [1.807, 2.05) is 0 Å². The lowest BCUT2D eigenvalue weighted by atomic mass is 10.2. The van der Waals surface area contributed by atoms with Gasteiger partial charge in [-0.3, -0.25) is 35.3 Å². The van der Waals surface area contributed by atoms with Gasteiger partial charge in [0.1, 0.15) is 5.75 Å². The number of hydrazine groups is 1. The van der Waals surface area contributed by atoms with Gasteiger partial charge in [-0.15, -0.1) is 0 Å². The first kappa shape index (κ1) is 22.6. The van der Waals surface area contributed by atoms with E-state index in [0.29, 0.717) is 10.8 Å². The summed E-state index contributed by atoms with van der Waals surface area (Å²) in [4.78, 5) is 45.4. The van der Waals surface area contributed by atoms with Crippen LogP contribution in [0.3, 0.4) is 0 Å². The van der Waals surface area contributed by atoms with Crippen molar-refractivity contribution in [3.8, 4) is 5.75 Å². The first-order valence-corrected chi connectivity index (χ1v) is 9.13. The second kappa shape index (κ2) is 10.8. The van der Waals surface area contributed by atoms with Crippen LogP contribution in [0, 0.1) is 17.0 Å². The van der Waals surface area contributed by atoms with Crippen molar-refractivity contribution in [2.45, 2.75) is 13.3 Å². The lowest BCUT2D eigenvalue weighted by molar-refractivity contribution is -0.384. The lowest BCUT2D eigenvalue weighted by Gasteiger charge is -2.10. The number of nitrogens with one attached hydrogen (secondary N) is 3. The normalized spacial score (nSPS) is 10.1. The minimum atomic E-state index is -0.568. The average Bonchev–Trinajstić information content (AvgIpc) is 2.73. The van der Waals surface area contributed by atoms with Crippen molar-refractivity contribution in [3.05, 3.63) is 68.7 Å². The fourth-order valence-corrected chi connectivity index (χ4v) is 2.34. The Hall–Kier alpha value is -3.66. The molecule has 0 spiro atoms. The molecule has 0 aliphatic rings. The van der Waals surface area contributed by atoms with Crippen LogP contribution in [0.1, 0.15) is 22.3 Å². The fraction of sp³-hybridized carbons (Fsp3) is 0.211. The number of amides is 3. The monoisotopic (exact) mass is 434 g/mol. The Balaban J connectivity index is 1.65. The molecular formula is C19H19ClN4O6. The van der Waals surface area contributed by atoms with Gasteiger partial charge in [0, 0.05) is 35.7 Å². The first-order chi connectivity index (χ1) is 14.3. The average molecular weight is 435 g/mol. The minimum absolute atomic E-state index is 0.0120. The summed E-state index contributed by atoms with van der Waals surface area (Å²) in [6, 6.07) is 10.0. The molecule has 0 atom stereocenters. The summed E-state index contributed by atoms with van der Waals surface area (Å²) < 4.78 is 5.30. The van der Waals surface area contributed by atoms with Crippen molar-refractivity contribution < 1.29 is 24.0 Å². The molecule has 0 aliphatic carbocycles. The van der Waals surface area contributed by atoms with Gasteiger partial charge < -0.3 is 10.1 Å². The van der Waals surface area contributed by atoms with Crippen molar-refractivity contribution in [2.24, 2.45) is 0 Å². The standard InChI is InChI=1S/C19H19ClN4O6/c1-12-10-15(6-7-16(12)20)30-11-18(26)23-22-17(25)8-9-21-19(27)13-2-4-14(5-3-13)24(28)29/h2-7,10H,8-9,11H2,1H3,(H,21,27)(H,22,25)(H,23,26). The van der Waals surface area contributed by atoms with Crippen molar-refractivity contribution in [3.63, 3.8) is 0 Å². The van der Waals surface area contributed by atoms with Gasteiger partial charge in [0.15, 0.2) is 6.61 Å². The highest BCUT2D eigenvalue weighted by atomic mass is 35.5. The van der Waals surface area contributed by atoms with Gasteiger partial charge in [0.25, 0.3) is 17.5 Å². The molecule has 11 heteroatoms. The molecule has 30 heavy (non-hydrogen) atoms. The number of non-ortho nitro benzene ring substituents is 1. The highest BCUT2D eigenvalue weighted by molar-refractivity contribution is 6.31. The molecule has 0 aliphatic heterocycles. The highest BCUT2D eigenvalue weighted by Gasteiger charge is 2.10. The number of nitro benzene ring substituents is 1. The molecule has 0 radical (unpaired) electrons. The topological polar surface area (TPSA) is 140 Å². The van der Waals surface area contributed by atoms with Crippen molar-refractivity contribution in [1.29, 1.82) is 0 Å². The van der Waals surface area contributed by atoms with Gasteiger partial charge in [-0.25, -0.2) is 0 Å². The zero-order valence-corrected chi connectivity index (χ0v) is 16.7. The largest absolute Gasteiger partial charge is 0.484 e. The predicted molar refractivity (Wildman–Crippen MR) is 108 cm³/mol. The van der Waals surface area contributed by atoms with Crippen LogP contribution in [0.2, 0.25) is 5.02 Å². The Kier molecular flexibility index (Phi) is 8.12. The second-order valence-corrected chi connectivity index (χ2v) is 6.51. The molecule has 0 unspecified atom stereocenters. The number of carbonyl (C=O) groups is 3. The molecule has 2 aromatic carbocycles. The maximum atomic E-state index is 11.9. The Morgan fingerprint density at radius 1 is 1.07 bits per heavy atom. The minimum Gasteiger partial charge on any atom is -0.484 e. The van der Waals surface area contributed by atoms with Gasteiger partial charge in [-0.2, -0.15) is 0 Å². The summed E-state index contributed by atoms with van der Waals surface area (Å²) in [7, 11) is 0. The molecule has 0 saturated carbocycles. The third kappa shape index (κ3) is 7.06. The zero-order valence-electron chi connectivity index (χ0n) is 15.9. The smallest absolute Gasteiger partial charge is 0.276 e. The molecule has 3 N–H and O–H groups in total. The van der Waals surface area contributed by atoms with E-state index in [1.54, 1.807) is 25.1 Å². The fourth-order valence-electron chi connectivity index (χ4n) is 2.22. The number of rotatable bonds is 8. The van der Waals surface area contributed by atoms with Gasteiger partial charge in [0.2, 0.25) is 5.91 Å². The summed E-state index contributed by atoms with van der Waals surface area (Å²) in [5.41, 5.74) is 5.31. The number of hydrogen-bond acceptors (Lipinski definition) is 6. The number of nitrogens with zero attached hydrogens (tertiary/aromatic N) is 1. The van der Waals surface area contributed by atoms with Crippen LogP contribution in [0.4, 0.5) is 5.69 Å². The lowest BCUT2D eigenvalue weighted by Crippen LogP contribution is -2.44. The first-order valence-electron chi connectivity index (χ1n) is 8.75. The quantitative estimate of drug-likeness (QED) is 0.428. The molecule has 0 aromatic heterocycles. The van der Waals surface area contributed by atoms with E-state index in [-0.39, 0.29) is 30.8 Å². The van der Waals surface area contributed by atoms with Crippen LogP contribution in [0.15, 0.2) is 42.5 Å². The summed E-state index contributed by atoms with van der Waals surface area (Å²) in [6.45, 7) is 1.51.